The normalized spacial score (nSPS) is 11.3. The summed E-state index contributed by atoms with van der Waals surface area (Å²) in [5.74, 6) is 0.0430. The largest absolute Gasteiger partial charge is 0.382 e. The van der Waals surface area contributed by atoms with Crippen molar-refractivity contribution < 1.29 is 18.7 Å². The summed E-state index contributed by atoms with van der Waals surface area (Å²) < 4.78 is 29.7. The van der Waals surface area contributed by atoms with Crippen molar-refractivity contribution in [3.05, 3.63) is 35.7 Å². The molecule has 0 fully saturated rings. The smallest absolute Gasteiger partial charge is 0.221 e. The quantitative estimate of drug-likeness (QED) is 0.228. The zero-order chi connectivity index (χ0) is 20.0. The van der Waals surface area contributed by atoms with Gasteiger partial charge in [-0.05, 0) is 24.6 Å². The van der Waals surface area contributed by atoms with Gasteiger partial charge in [-0.25, -0.2) is 0 Å². The van der Waals surface area contributed by atoms with Crippen molar-refractivity contribution in [3.8, 4) is 11.8 Å². The van der Waals surface area contributed by atoms with Gasteiger partial charge in [0.25, 0.3) is 0 Å². The second-order valence-corrected chi connectivity index (χ2v) is 6.91. The number of nitrogens with zero attached hydrogens (tertiary/aromatic N) is 3. The lowest BCUT2D eigenvalue weighted by Gasteiger charge is -2.09. The molecule has 1 aromatic heterocycles. The second kappa shape index (κ2) is 9.28. The summed E-state index contributed by atoms with van der Waals surface area (Å²) in [7, 11) is 5.13. The molecule has 27 heavy (non-hydrogen) atoms. The fraction of sp³-hybridized carbons (Fsp3) is 0.333. The highest BCUT2D eigenvalue weighted by atomic mass is 32.2. The number of carbonyl (C=O) groups excluding carboxylic acids is 1. The molecule has 0 atom stereocenters. The number of anilines is 1. The maximum absolute atomic E-state index is 12.9. The zero-order valence-corrected chi connectivity index (χ0v) is 16.1. The Morgan fingerprint density at radius 2 is 2.19 bits per heavy atom. The maximum atomic E-state index is 12.9. The highest BCUT2D eigenvalue weighted by molar-refractivity contribution is 8.00. The van der Waals surface area contributed by atoms with Crippen LogP contribution >= 0.6 is 11.9 Å². The molecule has 0 unspecified atom stereocenters. The van der Waals surface area contributed by atoms with Crippen molar-refractivity contribution in [2.45, 2.75) is 6.42 Å². The van der Waals surface area contributed by atoms with Crippen LogP contribution in [-0.4, -0.2) is 41.8 Å². The predicted molar refractivity (Wildman–Crippen MR) is 103 cm³/mol. The minimum Gasteiger partial charge on any atom is -0.382 e. The number of ketones is 1. The van der Waals surface area contributed by atoms with E-state index < -0.39 is 12.5 Å². The van der Waals surface area contributed by atoms with Gasteiger partial charge in [-0.3, -0.25) is 14.1 Å². The number of carbonyl (C=O) groups is 1. The van der Waals surface area contributed by atoms with Crippen LogP contribution in [0, 0.1) is 11.3 Å². The van der Waals surface area contributed by atoms with Crippen molar-refractivity contribution in [1.29, 1.82) is 5.26 Å². The van der Waals surface area contributed by atoms with Gasteiger partial charge in [0, 0.05) is 43.0 Å². The van der Waals surface area contributed by atoms with Crippen LogP contribution in [0.3, 0.4) is 0 Å². The summed E-state index contributed by atoms with van der Waals surface area (Å²) in [6.45, 7) is -0.425. The van der Waals surface area contributed by atoms with Gasteiger partial charge in [-0.2, -0.15) is 5.26 Å². The number of hydrogen-bond donors (Lipinski definition) is 1. The Balaban J connectivity index is 2.43. The van der Waals surface area contributed by atoms with Crippen LogP contribution < -0.4 is 9.66 Å². The van der Waals surface area contributed by atoms with E-state index in [1.165, 1.54) is 24.2 Å². The summed E-state index contributed by atoms with van der Waals surface area (Å²) in [5, 5.41) is 9.85. The van der Waals surface area contributed by atoms with E-state index in [1.807, 2.05) is 6.07 Å². The van der Waals surface area contributed by atoms with Gasteiger partial charge >= 0.3 is 0 Å². The molecule has 6 nitrogen and oxygen atoms in total. The molecule has 0 bridgehead atoms. The van der Waals surface area contributed by atoms with Gasteiger partial charge in [0.1, 0.15) is 11.6 Å². The molecule has 0 spiro atoms. The van der Waals surface area contributed by atoms with Gasteiger partial charge in [-0.1, -0.05) is 11.9 Å². The lowest BCUT2D eigenvalue weighted by atomic mass is 10.1. The molecule has 0 amide bonds. The SMILES string of the molecule is CN(C)/C=C(\C#N)C(=O)c1cc2cc(OF)c(NSCCCF)cc2n1C. The molecule has 0 aliphatic rings. The third-order valence-electron chi connectivity index (χ3n) is 3.77. The second-order valence-electron chi connectivity index (χ2n) is 6.01. The third kappa shape index (κ3) is 4.71. The molecule has 9 heteroatoms. The van der Waals surface area contributed by atoms with Crippen molar-refractivity contribution in [2.75, 3.05) is 31.2 Å². The van der Waals surface area contributed by atoms with Gasteiger partial charge in [0.15, 0.2) is 5.75 Å². The standard InChI is InChI=1S/C18H20F2N4O2S/c1-23(2)11-13(10-21)18(25)16-7-12-8-17(26-20)14(9-15(12)24(16)3)22-27-6-4-5-19/h7-9,11,22H,4-6H2,1-3H3/b13-11+. The van der Waals surface area contributed by atoms with E-state index in [-0.39, 0.29) is 11.3 Å². The van der Waals surface area contributed by atoms with E-state index in [2.05, 4.69) is 9.66 Å². The first-order valence-electron chi connectivity index (χ1n) is 8.11. The Morgan fingerprint density at radius 1 is 1.44 bits per heavy atom. The number of rotatable bonds is 9. The van der Waals surface area contributed by atoms with Gasteiger partial charge in [0.2, 0.25) is 5.78 Å². The first-order valence-corrected chi connectivity index (χ1v) is 9.10. The van der Waals surface area contributed by atoms with Gasteiger partial charge < -0.3 is 14.2 Å². The van der Waals surface area contributed by atoms with Crippen molar-refractivity contribution in [2.24, 2.45) is 7.05 Å². The molecule has 2 aromatic rings. The number of Topliss-reactive ketones (excluding diaryl/α,β-unsaturated/α-hetero) is 1. The number of halogens is 2. The molecule has 144 valence electrons. The Labute approximate surface area is 160 Å². The number of alkyl halides is 1. The number of aromatic nitrogens is 1. The minimum absolute atomic E-state index is 0.00648. The van der Waals surface area contributed by atoms with Crippen LogP contribution in [0.1, 0.15) is 16.9 Å². The first kappa shape index (κ1) is 20.6. The van der Waals surface area contributed by atoms with E-state index in [1.54, 1.807) is 42.7 Å². The Kier molecular flexibility index (Phi) is 7.07. The average Bonchev–Trinajstić information content (AvgIpc) is 2.97. The molecule has 0 saturated carbocycles. The van der Waals surface area contributed by atoms with Crippen molar-refractivity contribution >= 4 is 34.3 Å². The molecule has 1 N–H and O–H groups in total. The number of benzene rings is 1. The van der Waals surface area contributed by atoms with Gasteiger partial charge in [0.05, 0.1) is 23.6 Å². The van der Waals surface area contributed by atoms with E-state index >= 15 is 0 Å². The van der Waals surface area contributed by atoms with Crippen LogP contribution in [0.25, 0.3) is 10.9 Å². The Bertz CT molecular complexity index is 903. The molecule has 1 aromatic carbocycles. The molecule has 0 aliphatic carbocycles. The van der Waals surface area contributed by atoms with E-state index in [4.69, 9.17) is 0 Å². The van der Waals surface area contributed by atoms with Crippen LogP contribution in [0.2, 0.25) is 0 Å². The molecule has 0 radical (unpaired) electrons. The van der Waals surface area contributed by atoms with Crippen LogP contribution in [0.5, 0.6) is 5.75 Å². The Hall–Kier alpha value is -2.73. The minimum atomic E-state index is -0.431. The van der Waals surface area contributed by atoms with Crippen LogP contribution in [-0.2, 0) is 7.05 Å². The maximum Gasteiger partial charge on any atom is 0.221 e. The number of hydrogen-bond acceptors (Lipinski definition) is 6. The summed E-state index contributed by atoms with van der Waals surface area (Å²) in [5.41, 5.74) is 1.33. The number of allylic oxidation sites excluding steroid dienone is 1. The van der Waals surface area contributed by atoms with E-state index in [0.29, 0.717) is 34.5 Å². The predicted octanol–water partition coefficient (Wildman–Crippen LogP) is 4.01. The molecule has 0 saturated heterocycles. The third-order valence-corrected chi connectivity index (χ3v) is 4.63. The van der Waals surface area contributed by atoms with Crippen molar-refractivity contribution in [1.82, 2.24) is 9.47 Å². The zero-order valence-electron chi connectivity index (χ0n) is 15.3. The van der Waals surface area contributed by atoms with Crippen LogP contribution in [0.15, 0.2) is 30.0 Å². The molecular formula is C18H20F2N4O2S. The average molecular weight is 394 g/mol. The van der Waals surface area contributed by atoms with Crippen LogP contribution in [0.4, 0.5) is 14.6 Å². The van der Waals surface area contributed by atoms with Gasteiger partial charge in [-0.15, -0.1) is 0 Å². The fourth-order valence-corrected chi connectivity index (χ4v) is 3.19. The number of fused-ring (bicyclic) bond motifs is 1. The molecule has 2 rings (SSSR count). The first-order chi connectivity index (χ1) is 12.9. The summed E-state index contributed by atoms with van der Waals surface area (Å²) in [6, 6.07) is 6.60. The number of nitriles is 1. The summed E-state index contributed by atoms with van der Waals surface area (Å²) >= 11 is 1.23. The summed E-state index contributed by atoms with van der Waals surface area (Å²) in [4.78, 5) is 18.2. The number of nitrogens with one attached hydrogen (secondary N) is 1. The van der Waals surface area contributed by atoms with E-state index in [0.717, 1.165) is 0 Å². The van der Waals surface area contributed by atoms with E-state index in [9.17, 15) is 19.0 Å². The lowest BCUT2D eigenvalue weighted by Crippen LogP contribution is -2.11. The molecular weight excluding hydrogens is 374 g/mol. The molecule has 0 aliphatic heterocycles. The fourth-order valence-electron chi connectivity index (χ4n) is 2.52. The topological polar surface area (TPSA) is 70.3 Å². The Morgan fingerprint density at radius 3 is 2.78 bits per heavy atom. The monoisotopic (exact) mass is 394 g/mol. The van der Waals surface area contributed by atoms with Crippen molar-refractivity contribution in [3.63, 3.8) is 0 Å². The highest BCUT2D eigenvalue weighted by Crippen LogP contribution is 2.34. The lowest BCUT2D eigenvalue weighted by molar-refractivity contribution is -0.00504. The highest BCUT2D eigenvalue weighted by Gasteiger charge is 2.20. The summed E-state index contributed by atoms with van der Waals surface area (Å²) in [6.07, 6.45) is 1.83. The molecule has 1 heterocycles. The number of aryl methyl sites for hydroxylation is 1.